The number of carbonyl (C=O) groups excluding carboxylic acids is 1. The zero-order valence-electron chi connectivity index (χ0n) is 16.7. The second-order valence-electron chi connectivity index (χ2n) is 6.67. The molecule has 0 bridgehead atoms. The zero-order valence-corrected chi connectivity index (χ0v) is 17.5. The second-order valence-corrected chi connectivity index (χ2v) is 8.68. The lowest BCUT2D eigenvalue weighted by atomic mass is 10.2. The smallest absolute Gasteiger partial charge is 0.265 e. The highest BCUT2D eigenvalue weighted by Gasteiger charge is 2.16. The molecule has 0 saturated heterocycles. The SMILES string of the molecule is CC(C)Oc1cccc(NC(=O)C(C)Oc2ccc(N(C)S(C)(=O)=O)cc2)c1. The summed E-state index contributed by atoms with van der Waals surface area (Å²) < 4.78 is 35.6. The van der Waals surface area contributed by atoms with Gasteiger partial charge in [0, 0.05) is 18.8 Å². The molecule has 0 aromatic heterocycles. The molecule has 8 heteroatoms. The van der Waals surface area contributed by atoms with E-state index in [0.717, 1.165) is 6.26 Å². The predicted molar refractivity (Wildman–Crippen MR) is 111 cm³/mol. The van der Waals surface area contributed by atoms with E-state index in [2.05, 4.69) is 5.32 Å². The normalized spacial score (nSPS) is 12.4. The van der Waals surface area contributed by atoms with Crippen LogP contribution in [0.3, 0.4) is 0 Å². The van der Waals surface area contributed by atoms with Crippen molar-refractivity contribution in [3.8, 4) is 11.5 Å². The van der Waals surface area contributed by atoms with Crippen LogP contribution in [0.1, 0.15) is 20.8 Å². The Balaban J connectivity index is 1.99. The van der Waals surface area contributed by atoms with E-state index in [4.69, 9.17) is 9.47 Å². The highest BCUT2D eigenvalue weighted by molar-refractivity contribution is 7.92. The van der Waals surface area contributed by atoms with Gasteiger partial charge in [-0.25, -0.2) is 8.42 Å². The highest BCUT2D eigenvalue weighted by atomic mass is 32.2. The maximum absolute atomic E-state index is 12.4. The van der Waals surface area contributed by atoms with Gasteiger partial charge >= 0.3 is 0 Å². The van der Waals surface area contributed by atoms with Gasteiger partial charge in [0.2, 0.25) is 10.0 Å². The molecule has 7 nitrogen and oxygen atoms in total. The van der Waals surface area contributed by atoms with Crippen molar-refractivity contribution in [3.63, 3.8) is 0 Å². The van der Waals surface area contributed by atoms with Crippen molar-refractivity contribution >= 4 is 27.3 Å². The minimum absolute atomic E-state index is 0.0397. The van der Waals surface area contributed by atoms with Crippen LogP contribution >= 0.6 is 0 Å². The molecule has 152 valence electrons. The summed E-state index contributed by atoms with van der Waals surface area (Å²) in [7, 11) is -1.86. The van der Waals surface area contributed by atoms with Gasteiger partial charge in [0.1, 0.15) is 11.5 Å². The molecule has 0 saturated carbocycles. The first-order valence-electron chi connectivity index (χ1n) is 8.84. The third kappa shape index (κ3) is 6.16. The minimum Gasteiger partial charge on any atom is -0.491 e. The Labute approximate surface area is 166 Å². The summed E-state index contributed by atoms with van der Waals surface area (Å²) in [6.07, 6.45) is 0.427. The van der Waals surface area contributed by atoms with Crippen LogP contribution in [-0.4, -0.2) is 39.8 Å². The van der Waals surface area contributed by atoms with Crippen molar-refractivity contribution in [2.75, 3.05) is 22.9 Å². The van der Waals surface area contributed by atoms with Crippen LogP contribution in [-0.2, 0) is 14.8 Å². The average Bonchev–Trinajstić information content (AvgIpc) is 2.60. The molecule has 0 aliphatic carbocycles. The number of nitrogens with zero attached hydrogens (tertiary/aromatic N) is 1. The van der Waals surface area contributed by atoms with Crippen LogP contribution in [0, 0.1) is 0 Å². The number of nitrogens with one attached hydrogen (secondary N) is 1. The Morgan fingerprint density at radius 1 is 1.00 bits per heavy atom. The molecule has 0 aliphatic rings. The lowest BCUT2D eigenvalue weighted by molar-refractivity contribution is -0.122. The number of amides is 1. The van der Waals surface area contributed by atoms with E-state index < -0.39 is 16.1 Å². The second kappa shape index (κ2) is 8.97. The summed E-state index contributed by atoms with van der Waals surface area (Å²) in [6, 6.07) is 13.6. The zero-order chi connectivity index (χ0) is 20.9. The van der Waals surface area contributed by atoms with Gasteiger partial charge in [-0.15, -0.1) is 0 Å². The Kier molecular flexibility index (Phi) is 6.90. The average molecular weight is 407 g/mol. The molecule has 0 radical (unpaired) electrons. The first-order valence-corrected chi connectivity index (χ1v) is 10.7. The summed E-state index contributed by atoms with van der Waals surface area (Å²) in [5.41, 5.74) is 1.12. The number of rotatable bonds is 8. The molecule has 2 aromatic rings. The molecule has 0 fully saturated rings. The van der Waals surface area contributed by atoms with E-state index in [1.54, 1.807) is 49.4 Å². The van der Waals surface area contributed by atoms with Crippen molar-refractivity contribution in [3.05, 3.63) is 48.5 Å². The quantitative estimate of drug-likeness (QED) is 0.727. The fourth-order valence-electron chi connectivity index (χ4n) is 2.35. The van der Waals surface area contributed by atoms with Crippen molar-refractivity contribution < 1.29 is 22.7 Å². The molecule has 1 N–H and O–H groups in total. The Bertz CT molecular complexity index is 910. The fraction of sp³-hybridized carbons (Fsp3) is 0.350. The number of hydrogen-bond donors (Lipinski definition) is 1. The lowest BCUT2D eigenvalue weighted by Crippen LogP contribution is -2.30. The van der Waals surface area contributed by atoms with E-state index in [9.17, 15) is 13.2 Å². The van der Waals surface area contributed by atoms with Crippen LogP contribution in [0.4, 0.5) is 11.4 Å². The molecule has 1 amide bonds. The summed E-state index contributed by atoms with van der Waals surface area (Å²) >= 11 is 0. The molecule has 1 atom stereocenters. The number of ether oxygens (including phenoxy) is 2. The van der Waals surface area contributed by atoms with Gasteiger partial charge in [-0.05, 0) is 57.2 Å². The molecule has 0 heterocycles. The standard InChI is InChI=1S/C20H26N2O5S/c1-14(2)26-19-8-6-7-16(13-19)21-20(23)15(3)27-18-11-9-17(10-12-18)22(4)28(5,24)25/h6-15H,1-5H3,(H,21,23). The number of sulfonamides is 1. The van der Waals surface area contributed by atoms with Gasteiger partial charge in [0.05, 0.1) is 18.0 Å². The van der Waals surface area contributed by atoms with E-state index in [0.29, 0.717) is 22.9 Å². The summed E-state index contributed by atoms with van der Waals surface area (Å²) in [5.74, 6) is 0.830. The predicted octanol–water partition coefficient (Wildman–Crippen LogP) is 3.28. The van der Waals surface area contributed by atoms with E-state index in [1.165, 1.54) is 11.4 Å². The highest BCUT2D eigenvalue weighted by Crippen LogP contribution is 2.22. The minimum atomic E-state index is -3.33. The van der Waals surface area contributed by atoms with Crippen molar-refractivity contribution in [1.29, 1.82) is 0 Å². The first kappa shape index (κ1) is 21.6. The third-order valence-corrected chi connectivity index (χ3v) is 5.06. The van der Waals surface area contributed by atoms with Crippen LogP contribution in [0.15, 0.2) is 48.5 Å². The monoisotopic (exact) mass is 406 g/mol. The maximum Gasteiger partial charge on any atom is 0.265 e. The summed E-state index contributed by atoms with van der Waals surface area (Å²) in [5, 5.41) is 2.79. The Morgan fingerprint density at radius 2 is 1.64 bits per heavy atom. The summed E-state index contributed by atoms with van der Waals surface area (Å²) in [4.78, 5) is 12.4. The van der Waals surface area contributed by atoms with Crippen LogP contribution < -0.4 is 19.1 Å². The summed E-state index contributed by atoms with van der Waals surface area (Å²) in [6.45, 7) is 5.50. The van der Waals surface area contributed by atoms with E-state index >= 15 is 0 Å². The van der Waals surface area contributed by atoms with E-state index in [1.807, 2.05) is 19.9 Å². The van der Waals surface area contributed by atoms with Gasteiger partial charge < -0.3 is 14.8 Å². The number of carbonyl (C=O) groups is 1. The largest absolute Gasteiger partial charge is 0.491 e. The van der Waals surface area contributed by atoms with Gasteiger partial charge in [0.25, 0.3) is 5.91 Å². The van der Waals surface area contributed by atoms with Gasteiger partial charge in [-0.1, -0.05) is 6.07 Å². The molecule has 2 aromatic carbocycles. The van der Waals surface area contributed by atoms with Crippen molar-refractivity contribution in [1.82, 2.24) is 0 Å². The molecule has 0 spiro atoms. The number of anilines is 2. The molecule has 0 aliphatic heterocycles. The fourth-order valence-corrected chi connectivity index (χ4v) is 2.85. The van der Waals surface area contributed by atoms with Gasteiger partial charge in [-0.2, -0.15) is 0 Å². The molecule has 28 heavy (non-hydrogen) atoms. The topological polar surface area (TPSA) is 84.9 Å². The Hall–Kier alpha value is -2.74. The Morgan fingerprint density at radius 3 is 2.21 bits per heavy atom. The number of hydrogen-bond acceptors (Lipinski definition) is 5. The molecule has 2 rings (SSSR count). The van der Waals surface area contributed by atoms with Crippen molar-refractivity contribution in [2.45, 2.75) is 33.0 Å². The molecular formula is C20H26N2O5S. The van der Waals surface area contributed by atoms with Crippen LogP contribution in [0.5, 0.6) is 11.5 Å². The van der Waals surface area contributed by atoms with Crippen LogP contribution in [0.25, 0.3) is 0 Å². The first-order chi connectivity index (χ1) is 13.1. The van der Waals surface area contributed by atoms with E-state index in [-0.39, 0.29) is 12.0 Å². The maximum atomic E-state index is 12.4. The van der Waals surface area contributed by atoms with Crippen LogP contribution in [0.2, 0.25) is 0 Å². The number of benzene rings is 2. The third-order valence-electron chi connectivity index (χ3n) is 3.85. The van der Waals surface area contributed by atoms with Crippen molar-refractivity contribution in [2.24, 2.45) is 0 Å². The lowest BCUT2D eigenvalue weighted by Gasteiger charge is -2.18. The molecule has 1 unspecified atom stereocenters. The van der Waals surface area contributed by atoms with Gasteiger partial charge in [-0.3, -0.25) is 9.10 Å². The van der Waals surface area contributed by atoms with Gasteiger partial charge in [0.15, 0.2) is 6.10 Å². The molecular weight excluding hydrogens is 380 g/mol.